The van der Waals surface area contributed by atoms with Crippen molar-refractivity contribution >= 4 is 0 Å². The molecule has 1 fully saturated rings. The first kappa shape index (κ1) is 11.0. The summed E-state index contributed by atoms with van der Waals surface area (Å²) >= 11 is 0. The number of ether oxygens (including phenoxy) is 1. The predicted molar refractivity (Wildman–Crippen MR) is 54.8 cm³/mol. The average molecular weight is 186 g/mol. The van der Waals surface area contributed by atoms with Gasteiger partial charge in [0.25, 0.3) is 0 Å². The maximum Gasteiger partial charge on any atom is 0.0589 e. The van der Waals surface area contributed by atoms with E-state index in [2.05, 4.69) is 4.90 Å². The van der Waals surface area contributed by atoms with Gasteiger partial charge in [0.05, 0.1) is 6.61 Å². The highest BCUT2D eigenvalue weighted by Crippen LogP contribution is 2.22. The molecule has 0 aromatic heterocycles. The third-order valence-electron chi connectivity index (χ3n) is 2.84. The lowest BCUT2D eigenvalue weighted by molar-refractivity contribution is 0.123. The molecule has 0 aromatic carbocycles. The summed E-state index contributed by atoms with van der Waals surface area (Å²) < 4.78 is 5.10. The molecule has 0 bridgehead atoms. The lowest BCUT2D eigenvalue weighted by Crippen LogP contribution is -2.39. The molecule has 78 valence electrons. The topological polar surface area (TPSA) is 38.5 Å². The van der Waals surface area contributed by atoms with Gasteiger partial charge in [-0.1, -0.05) is 12.8 Å². The highest BCUT2D eigenvalue weighted by atomic mass is 16.5. The summed E-state index contributed by atoms with van der Waals surface area (Å²) in [7, 11) is 1.76. The molecule has 0 saturated heterocycles. The van der Waals surface area contributed by atoms with Crippen LogP contribution >= 0.6 is 0 Å². The van der Waals surface area contributed by atoms with Gasteiger partial charge in [-0.05, 0) is 12.8 Å². The van der Waals surface area contributed by atoms with Crippen LogP contribution in [0.4, 0.5) is 0 Å². The number of hydrogen-bond acceptors (Lipinski definition) is 3. The van der Waals surface area contributed by atoms with E-state index < -0.39 is 0 Å². The monoisotopic (exact) mass is 186 g/mol. The first-order valence-corrected chi connectivity index (χ1v) is 5.31. The largest absolute Gasteiger partial charge is 0.383 e. The van der Waals surface area contributed by atoms with E-state index in [-0.39, 0.29) is 0 Å². The Morgan fingerprint density at radius 1 is 1.31 bits per heavy atom. The summed E-state index contributed by atoms with van der Waals surface area (Å²) in [4.78, 5) is 2.48. The van der Waals surface area contributed by atoms with Crippen molar-refractivity contribution in [3.63, 3.8) is 0 Å². The van der Waals surface area contributed by atoms with Crippen molar-refractivity contribution in [2.75, 3.05) is 33.4 Å². The smallest absolute Gasteiger partial charge is 0.0589 e. The lowest BCUT2D eigenvalue weighted by atomic mass is 10.2. The van der Waals surface area contributed by atoms with Gasteiger partial charge in [-0.25, -0.2) is 0 Å². The third-order valence-corrected chi connectivity index (χ3v) is 2.84. The van der Waals surface area contributed by atoms with Crippen molar-refractivity contribution in [2.24, 2.45) is 5.73 Å². The zero-order chi connectivity index (χ0) is 9.52. The van der Waals surface area contributed by atoms with Crippen molar-refractivity contribution in [1.82, 2.24) is 4.90 Å². The molecule has 1 rings (SSSR count). The SMILES string of the molecule is COCCN(CCN)C1CCCC1. The van der Waals surface area contributed by atoms with Crippen molar-refractivity contribution in [3.05, 3.63) is 0 Å². The molecule has 0 heterocycles. The Hall–Kier alpha value is -0.120. The van der Waals surface area contributed by atoms with Gasteiger partial charge in [-0.15, -0.1) is 0 Å². The van der Waals surface area contributed by atoms with E-state index in [0.29, 0.717) is 0 Å². The molecule has 0 aromatic rings. The minimum Gasteiger partial charge on any atom is -0.383 e. The molecule has 0 spiro atoms. The molecule has 0 unspecified atom stereocenters. The number of rotatable bonds is 6. The summed E-state index contributed by atoms with van der Waals surface area (Å²) in [6.07, 6.45) is 5.48. The first-order chi connectivity index (χ1) is 6.38. The highest BCUT2D eigenvalue weighted by molar-refractivity contribution is 4.77. The van der Waals surface area contributed by atoms with Crippen LogP contribution in [0.25, 0.3) is 0 Å². The molecule has 0 atom stereocenters. The zero-order valence-corrected chi connectivity index (χ0v) is 8.67. The quantitative estimate of drug-likeness (QED) is 0.668. The average Bonchev–Trinajstić information content (AvgIpc) is 2.65. The Morgan fingerprint density at radius 3 is 2.54 bits per heavy atom. The summed E-state index contributed by atoms with van der Waals surface area (Å²) in [6, 6.07) is 0.777. The minimum absolute atomic E-state index is 0.764. The number of hydrogen-bond donors (Lipinski definition) is 1. The van der Waals surface area contributed by atoms with Crippen molar-refractivity contribution in [3.8, 4) is 0 Å². The lowest BCUT2D eigenvalue weighted by Gasteiger charge is -2.27. The molecule has 1 aliphatic carbocycles. The second kappa shape index (κ2) is 6.35. The Labute approximate surface area is 81.2 Å². The van der Waals surface area contributed by atoms with E-state index in [1.807, 2.05) is 0 Å². The molecule has 0 amide bonds. The van der Waals surface area contributed by atoms with Crippen LogP contribution in [0, 0.1) is 0 Å². The summed E-state index contributed by atoms with van der Waals surface area (Å²) in [5.41, 5.74) is 5.59. The fraction of sp³-hybridized carbons (Fsp3) is 1.00. The molecule has 3 heteroatoms. The first-order valence-electron chi connectivity index (χ1n) is 5.31. The van der Waals surface area contributed by atoms with E-state index in [9.17, 15) is 0 Å². The van der Waals surface area contributed by atoms with Crippen LogP contribution in [0.15, 0.2) is 0 Å². The van der Waals surface area contributed by atoms with Gasteiger partial charge < -0.3 is 10.5 Å². The van der Waals surface area contributed by atoms with Gasteiger partial charge >= 0.3 is 0 Å². The molecule has 3 nitrogen and oxygen atoms in total. The zero-order valence-electron chi connectivity index (χ0n) is 8.67. The van der Waals surface area contributed by atoms with Crippen LogP contribution < -0.4 is 5.73 Å². The molecule has 1 saturated carbocycles. The summed E-state index contributed by atoms with van der Waals surface area (Å²) in [5.74, 6) is 0. The maximum atomic E-state index is 5.59. The molecule has 13 heavy (non-hydrogen) atoms. The van der Waals surface area contributed by atoms with Crippen molar-refractivity contribution < 1.29 is 4.74 Å². The Kier molecular flexibility index (Phi) is 5.35. The van der Waals surface area contributed by atoms with Crippen LogP contribution in [0.2, 0.25) is 0 Å². The van der Waals surface area contributed by atoms with E-state index in [1.54, 1.807) is 7.11 Å². The minimum atomic E-state index is 0.764. The highest BCUT2D eigenvalue weighted by Gasteiger charge is 2.21. The van der Waals surface area contributed by atoms with E-state index >= 15 is 0 Å². The third kappa shape index (κ3) is 3.63. The Balaban J connectivity index is 2.26. The van der Waals surface area contributed by atoms with Gasteiger partial charge in [0.1, 0.15) is 0 Å². The number of methoxy groups -OCH3 is 1. The summed E-state index contributed by atoms with van der Waals surface area (Å²) in [5, 5.41) is 0. The maximum absolute atomic E-state index is 5.59. The fourth-order valence-corrected chi connectivity index (χ4v) is 2.12. The van der Waals surface area contributed by atoms with Crippen LogP contribution in [-0.4, -0.2) is 44.3 Å². The molecule has 0 radical (unpaired) electrons. The van der Waals surface area contributed by atoms with Gasteiger partial charge in [-0.3, -0.25) is 4.90 Å². The molecular weight excluding hydrogens is 164 g/mol. The van der Waals surface area contributed by atoms with Crippen LogP contribution in [0.3, 0.4) is 0 Å². The standard InChI is InChI=1S/C10H22N2O/c1-13-9-8-12(7-6-11)10-4-2-3-5-10/h10H,2-9,11H2,1H3. The fourth-order valence-electron chi connectivity index (χ4n) is 2.12. The second-order valence-electron chi connectivity index (χ2n) is 3.76. The van der Waals surface area contributed by atoms with E-state index in [0.717, 1.165) is 32.3 Å². The van der Waals surface area contributed by atoms with E-state index in [1.165, 1.54) is 25.7 Å². The predicted octanol–water partition coefficient (Wildman–Crippen LogP) is 0.836. The van der Waals surface area contributed by atoms with Crippen LogP contribution in [-0.2, 0) is 4.74 Å². The van der Waals surface area contributed by atoms with E-state index in [4.69, 9.17) is 10.5 Å². The van der Waals surface area contributed by atoms with Gasteiger partial charge in [0.15, 0.2) is 0 Å². The number of nitrogens with zero attached hydrogens (tertiary/aromatic N) is 1. The van der Waals surface area contributed by atoms with Crippen molar-refractivity contribution in [2.45, 2.75) is 31.7 Å². The Bertz CT molecular complexity index is 124. The normalized spacial score (nSPS) is 18.7. The molecule has 1 aliphatic rings. The molecule has 0 aliphatic heterocycles. The van der Waals surface area contributed by atoms with Gasteiger partial charge in [0.2, 0.25) is 0 Å². The van der Waals surface area contributed by atoms with Crippen molar-refractivity contribution in [1.29, 1.82) is 0 Å². The van der Waals surface area contributed by atoms with Gasteiger partial charge in [0, 0.05) is 32.8 Å². The van der Waals surface area contributed by atoms with Crippen LogP contribution in [0.5, 0.6) is 0 Å². The molecule has 2 N–H and O–H groups in total. The number of nitrogens with two attached hydrogens (primary N) is 1. The van der Waals surface area contributed by atoms with Gasteiger partial charge in [-0.2, -0.15) is 0 Å². The second-order valence-corrected chi connectivity index (χ2v) is 3.76. The Morgan fingerprint density at radius 2 is 2.00 bits per heavy atom. The molecular formula is C10H22N2O. The summed E-state index contributed by atoms with van der Waals surface area (Å²) in [6.45, 7) is 3.66. The van der Waals surface area contributed by atoms with Crippen LogP contribution in [0.1, 0.15) is 25.7 Å².